The van der Waals surface area contributed by atoms with Gasteiger partial charge >= 0.3 is 0 Å². The average molecular weight is 264 g/mol. The van der Waals surface area contributed by atoms with Crippen LogP contribution in [0, 0.1) is 5.92 Å². The number of anilines is 1. The zero-order chi connectivity index (χ0) is 13.0. The second kappa shape index (κ2) is 6.09. The molecule has 1 aliphatic carbocycles. The highest BCUT2D eigenvalue weighted by atomic mass is 32.1. The second-order valence-electron chi connectivity index (χ2n) is 4.98. The molecule has 2 rings (SSSR count). The van der Waals surface area contributed by atoms with Crippen LogP contribution in [0.4, 0.5) is 5.82 Å². The molecule has 0 bridgehead atoms. The van der Waals surface area contributed by atoms with Crippen LogP contribution in [0.5, 0.6) is 0 Å². The fourth-order valence-corrected chi connectivity index (χ4v) is 2.62. The summed E-state index contributed by atoms with van der Waals surface area (Å²) in [5.74, 6) is 1.55. The molecule has 4 nitrogen and oxygen atoms in total. The fourth-order valence-electron chi connectivity index (χ4n) is 2.52. The first-order chi connectivity index (χ1) is 8.66. The van der Waals surface area contributed by atoms with Crippen molar-refractivity contribution in [2.45, 2.75) is 45.1 Å². The minimum absolute atomic E-state index is 0.286. The number of nitrogens with one attached hydrogen (secondary N) is 1. The highest BCUT2D eigenvalue weighted by Gasteiger charge is 2.20. The van der Waals surface area contributed by atoms with E-state index in [9.17, 15) is 0 Å². The molecule has 1 atom stereocenters. The maximum absolute atomic E-state index is 5.49. The molecular formula is C13H20N4S. The number of rotatable bonds is 4. The number of thiocarbonyl (C=S) groups is 1. The summed E-state index contributed by atoms with van der Waals surface area (Å²) in [6, 6.07) is 0.440. The predicted octanol–water partition coefficient (Wildman–Crippen LogP) is 2.49. The summed E-state index contributed by atoms with van der Waals surface area (Å²) >= 11 is 4.85. The molecule has 0 radical (unpaired) electrons. The Morgan fingerprint density at radius 2 is 2.06 bits per heavy atom. The van der Waals surface area contributed by atoms with Crippen molar-refractivity contribution in [1.29, 1.82) is 0 Å². The van der Waals surface area contributed by atoms with Gasteiger partial charge < -0.3 is 11.1 Å². The molecular weight excluding hydrogens is 244 g/mol. The minimum Gasteiger partial charge on any atom is -0.388 e. The topological polar surface area (TPSA) is 63.8 Å². The summed E-state index contributed by atoms with van der Waals surface area (Å²) in [4.78, 5) is 8.77. The van der Waals surface area contributed by atoms with E-state index in [2.05, 4.69) is 22.2 Å². The summed E-state index contributed by atoms with van der Waals surface area (Å²) in [6.45, 7) is 2.22. The van der Waals surface area contributed by atoms with Crippen molar-refractivity contribution in [3.8, 4) is 0 Å². The van der Waals surface area contributed by atoms with E-state index in [1.165, 1.54) is 32.1 Å². The monoisotopic (exact) mass is 264 g/mol. The first kappa shape index (κ1) is 13.2. The van der Waals surface area contributed by atoms with Crippen LogP contribution in [0.25, 0.3) is 0 Å². The first-order valence-electron chi connectivity index (χ1n) is 6.55. The number of hydrogen-bond donors (Lipinski definition) is 2. The summed E-state index contributed by atoms with van der Waals surface area (Å²) in [6.07, 6.45) is 10.0. The minimum atomic E-state index is 0.286. The van der Waals surface area contributed by atoms with Crippen molar-refractivity contribution in [3.63, 3.8) is 0 Å². The summed E-state index contributed by atoms with van der Waals surface area (Å²) in [7, 11) is 0. The molecule has 5 heteroatoms. The van der Waals surface area contributed by atoms with Crippen LogP contribution in [0.1, 0.15) is 44.7 Å². The van der Waals surface area contributed by atoms with Gasteiger partial charge in [-0.15, -0.1) is 0 Å². The summed E-state index contributed by atoms with van der Waals surface area (Å²) < 4.78 is 0. The van der Waals surface area contributed by atoms with Crippen LogP contribution in [-0.2, 0) is 0 Å². The van der Waals surface area contributed by atoms with Crippen molar-refractivity contribution in [1.82, 2.24) is 9.97 Å². The standard InChI is InChI=1S/C13H20N4S/c1-9(10-5-3-2-4-6-10)17-12-8-15-11(7-16-12)13(14)18/h7-10H,2-6H2,1H3,(H2,14,18)(H,16,17). The average Bonchev–Trinajstić information content (AvgIpc) is 2.40. The molecule has 0 aliphatic heterocycles. The van der Waals surface area contributed by atoms with E-state index in [4.69, 9.17) is 18.0 Å². The molecule has 1 fully saturated rings. The highest BCUT2D eigenvalue weighted by Crippen LogP contribution is 2.27. The van der Waals surface area contributed by atoms with E-state index in [1.807, 2.05) is 0 Å². The van der Waals surface area contributed by atoms with Gasteiger partial charge in [-0.3, -0.25) is 0 Å². The van der Waals surface area contributed by atoms with Gasteiger partial charge in [0, 0.05) is 6.04 Å². The van der Waals surface area contributed by atoms with Gasteiger partial charge in [-0.25, -0.2) is 9.97 Å². The van der Waals surface area contributed by atoms with Gasteiger partial charge in [-0.2, -0.15) is 0 Å². The lowest BCUT2D eigenvalue weighted by Crippen LogP contribution is -2.28. The van der Waals surface area contributed by atoms with Gasteiger partial charge in [0.1, 0.15) is 16.5 Å². The van der Waals surface area contributed by atoms with E-state index in [1.54, 1.807) is 12.4 Å². The third-order valence-electron chi connectivity index (χ3n) is 3.64. The molecule has 1 heterocycles. The molecule has 98 valence electrons. The molecule has 1 saturated carbocycles. The second-order valence-corrected chi connectivity index (χ2v) is 5.42. The van der Waals surface area contributed by atoms with E-state index in [-0.39, 0.29) is 4.99 Å². The smallest absolute Gasteiger partial charge is 0.144 e. The van der Waals surface area contributed by atoms with Crippen LogP contribution in [-0.4, -0.2) is 21.0 Å². The van der Waals surface area contributed by atoms with E-state index >= 15 is 0 Å². The van der Waals surface area contributed by atoms with Crippen molar-refractivity contribution in [2.75, 3.05) is 5.32 Å². The zero-order valence-corrected chi connectivity index (χ0v) is 11.5. The van der Waals surface area contributed by atoms with E-state index in [0.717, 1.165) is 11.7 Å². The van der Waals surface area contributed by atoms with Crippen LogP contribution >= 0.6 is 12.2 Å². The van der Waals surface area contributed by atoms with Gasteiger partial charge in [0.05, 0.1) is 12.4 Å². The molecule has 0 spiro atoms. The van der Waals surface area contributed by atoms with Crippen LogP contribution < -0.4 is 11.1 Å². The number of nitrogens with zero attached hydrogens (tertiary/aromatic N) is 2. The summed E-state index contributed by atoms with van der Waals surface area (Å²) in [5.41, 5.74) is 6.06. The van der Waals surface area contributed by atoms with Crippen molar-refractivity contribution < 1.29 is 0 Å². The lowest BCUT2D eigenvalue weighted by Gasteiger charge is -2.28. The molecule has 18 heavy (non-hydrogen) atoms. The molecule has 0 aromatic carbocycles. The first-order valence-corrected chi connectivity index (χ1v) is 6.96. The van der Waals surface area contributed by atoms with Gasteiger partial charge in [0.15, 0.2) is 0 Å². The lowest BCUT2D eigenvalue weighted by atomic mass is 9.84. The SMILES string of the molecule is CC(Nc1cnc(C(N)=S)cn1)C1CCCCC1. The fraction of sp³-hybridized carbons (Fsp3) is 0.615. The molecule has 0 amide bonds. The largest absolute Gasteiger partial charge is 0.388 e. The van der Waals surface area contributed by atoms with Crippen LogP contribution in [0.2, 0.25) is 0 Å². The number of nitrogens with two attached hydrogens (primary N) is 1. The molecule has 0 saturated heterocycles. The Morgan fingerprint density at radius 1 is 1.33 bits per heavy atom. The van der Waals surface area contributed by atoms with Gasteiger partial charge in [0.25, 0.3) is 0 Å². The maximum atomic E-state index is 5.49. The van der Waals surface area contributed by atoms with Gasteiger partial charge in [0.2, 0.25) is 0 Å². The third-order valence-corrected chi connectivity index (χ3v) is 3.85. The highest BCUT2D eigenvalue weighted by molar-refractivity contribution is 7.80. The molecule has 1 unspecified atom stereocenters. The Morgan fingerprint density at radius 3 is 2.61 bits per heavy atom. The van der Waals surface area contributed by atoms with E-state index < -0.39 is 0 Å². The Balaban J connectivity index is 1.93. The lowest BCUT2D eigenvalue weighted by molar-refractivity contribution is 0.328. The van der Waals surface area contributed by atoms with Crippen molar-refractivity contribution in [3.05, 3.63) is 18.1 Å². The Bertz CT molecular complexity index is 398. The van der Waals surface area contributed by atoms with Crippen LogP contribution in [0.15, 0.2) is 12.4 Å². The maximum Gasteiger partial charge on any atom is 0.144 e. The van der Waals surface area contributed by atoms with E-state index in [0.29, 0.717) is 11.7 Å². The quantitative estimate of drug-likeness (QED) is 0.818. The molecule has 3 N–H and O–H groups in total. The number of hydrogen-bond acceptors (Lipinski definition) is 4. The predicted molar refractivity (Wildman–Crippen MR) is 77.6 cm³/mol. The Kier molecular flexibility index (Phi) is 4.47. The third kappa shape index (κ3) is 3.38. The van der Waals surface area contributed by atoms with Crippen LogP contribution in [0.3, 0.4) is 0 Å². The molecule has 1 aromatic heterocycles. The Hall–Kier alpha value is -1.23. The van der Waals surface area contributed by atoms with Gasteiger partial charge in [-0.05, 0) is 25.7 Å². The molecule has 1 aromatic rings. The number of aromatic nitrogens is 2. The molecule has 1 aliphatic rings. The zero-order valence-electron chi connectivity index (χ0n) is 10.7. The van der Waals surface area contributed by atoms with Gasteiger partial charge in [-0.1, -0.05) is 31.5 Å². The van der Waals surface area contributed by atoms with Crippen molar-refractivity contribution >= 4 is 23.0 Å². The Labute approximate surface area is 113 Å². The summed E-state index contributed by atoms with van der Waals surface area (Å²) in [5, 5.41) is 3.42. The normalized spacial score (nSPS) is 18.3. The van der Waals surface area contributed by atoms with Crippen molar-refractivity contribution in [2.24, 2.45) is 11.7 Å².